The van der Waals surface area contributed by atoms with Crippen LogP contribution in [0.25, 0.3) is 0 Å². The topological polar surface area (TPSA) is 70.7 Å². The summed E-state index contributed by atoms with van der Waals surface area (Å²) in [4.78, 5) is 25.6. The van der Waals surface area contributed by atoms with Gasteiger partial charge in [-0.25, -0.2) is 4.79 Å². The van der Waals surface area contributed by atoms with Gasteiger partial charge in [-0.05, 0) is 39.0 Å². The molecule has 1 unspecified atom stereocenters. The van der Waals surface area contributed by atoms with Gasteiger partial charge in [0.2, 0.25) is 5.91 Å². The molecule has 1 rings (SSSR count). The van der Waals surface area contributed by atoms with Crippen molar-refractivity contribution in [2.75, 3.05) is 32.7 Å². The quantitative estimate of drug-likeness (QED) is 0.783. The van der Waals surface area contributed by atoms with Gasteiger partial charge in [0.1, 0.15) is 5.60 Å². The van der Waals surface area contributed by atoms with Crippen molar-refractivity contribution in [1.29, 1.82) is 0 Å². The lowest BCUT2D eigenvalue weighted by atomic mass is 9.96. The summed E-state index contributed by atoms with van der Waals surface area (Å²) in [6.07, 6.45) is 1.22. The van der Waals surface area contributed by atoms with Gasteiger partial charge in [0.05, 0.1) is 0 Å². The van der Waals surface area contributed by atoms with Crippen LogP contribution in [0.4, 0.5) is 4.79 Å². The van der Waals surface area contributed by atoms with Gasteiger partial charge in [-0.2, -0.15) is 0 Å². The van der Waals surface area contributed by atoms with E-state index in [4.69, 9.17) is 4.74 Å². The normalized spacial score (nSPS) is 18.3. The smallest absolute Gasteiger partial charge is 0.407 e. The summed E-state index contributed by atoms with van der Waals surface area (Å²) in [5.74, 6) is 1.04. The summed E-state index contributed by atoms with van der Waals surface area (Å²) in [5, 5.41) is 5.78. The first-order valence-corrected chi connectivity index (χ1v) is 8.61. The maximum Gasteiger partial charge on any atom is 0.407 e. The van der Waals surface area contributed by atoms with Crippen molar-refractivity contribution in [2.45, 2.75) is 53.1 Å². The van der Waals surface area contributed by atoms with Gasteiger partial charge in [-0.3, -0.25) is 4.79 Å². The Morgan fingerprint density at radius 2 is 2.04 bits per heavy atom. The van der Waals surface area contributed by atoms with Crippen molar-refractivity contribution >= 4 is 12.0 Å². The summed E-state index contributed by atoms with van der Waals surface area (Å²) in [7, 11) is 0. The van der Waals surface area contributed by atoms with E-state index in [9.17, 15) is 9.59 Å². The second kappa shape index (κ2) is 9.11. The van der Waals surface area contributed by atoms with Crippen LogP contribution in [0, 0.1) is 11.8 Å². The van der Waals surface area contributed by atoms with Crippen LogP contribution < -0.4 is 10.6 Å². The van der Waals surface area contributed by atoms with Gasteiger partial charge >= 0.3 is 6.09 Å². The Kier molecular flexibility index (Phi) is 7.82. The third-order valence-corrected chi connectivity index (χ3v) is 3.66. The van der Waals surface area contributed by atoms with Crippen LogP contribution in [-0.4, -0.2) is 55.2 Å². The maximum absolute atomic E-state index is 11.8. The number of hydrogen-bond acceptors (Lipinski definition) is 4. The Labute approximate surface area is 140 Å². The van der Waals surface area contributed by atoms with Crippen molar-refractivity contribution in [3.8, 4) is 0 Å². The molecule has 2 amide bonds. The number of nitrogens with zero attached hydrogens (tertiary/aromatic N) is 1. The lowest BCUT2D eigenvalue weighted by molar-refractivity contribution is -0.120. The van der Waals surface area contributed by atoms with E-state index in [1.165, 1.54) is 0 Å². The zero-order chi connectivity index (χ0) is 17.5. The molecule has 2 N–H and O–H groups in total. The average Bonchev–Trinajstić information content (AvgIpc) is 2.58. The Morgan fingerprint density at radius 3 is 2.65 bits per heavy atom. The number of nitrogens with one attached hydrogen (secondary N) is 2. The van der Waals surface area contributed by atoms with E-state index >= 15 is 0 Å². The molecule has 23 heavy (non-hydrogen) atoms. The Morgan fingerprint density at radius 1 is 1.35 bits per heavy atom. The lowest BCUT2D eigenvalue weighted by Gasteiger charge is -2.28. The Hall–Kier alpha value is -1.30. The molecule has 0 aromatic carbocycles. The number of alkyl carbamates (subject to hydrolysis) is 1. The molecule has 6 heteroatoms. The second-order valence-corrected chi connectivity index (χ2v) is 7.78. The Balaban J connectivity index is 2.48. The molecule has 1 heterocycles. The third-order valence-electron chi connectivity index (χ3n) is 3.66. The predicted molar refractivity (Wildman–Crippen MR) is 91.2 cm³/mol. The Bertz CT molecular complexity index is 391. The van der Waals surface area contributed by atoms with E-state index in [-0.39, 0.29) is 12.0 Å². The summed E-state index contributed by atoms with van der Waals surface area (Å²) in [6, 6.07) is 0. The fourth-order valence-corrected chi connectivity index (χ4v) is 2.79. The van der Waals surface area contributed by atoms with Crippen molar-refractivity contribution in [1.82, 2.24) is 15.5 Å². The molecule has 0 bridgehead atoms. The van der Waals surface area contributed by atoms with Gasteiger partial charge in [0.25, 0.3) is 0 Å². The van der Waals surface area contributed by atoms with E-state index in [1.54, 1.807) is 0 Å². The van der Waals surface area contributed by atoms with Gasteiger partial charge in [0.15, 0.2) is 0 Å². The van der Waals surface area contributed by atoms with E-state index in [0.29, 0.717) is 31.3 Å². The van der Waals surface area contributed by atoms with Crippen molar-refractivity contribution in [3.05, 3.63) is 0 Å². The van der Waals surface area contributed by atoms with Crippen molar-refractivity contribution < 1.29 is 14.3 Å². The average molecular weight is 327 g/mol. The minimum Gasteiger partial charge on any atom is -0.444 e. The number of amides is 2. The lowest BCUT2D eigenvalue weighted by Crippen LogP contribution is -2.40. The number of ether oxygens (including phenoxy) is 1. The van der Waals surface area contributed by atoms with E-state index in [0.717, 1.165) is 26.1 Å². The molecular formula is C17H33N3O3. The molecule has 1 aliphatic heterocycles. The maximum atomic E-state index is 11.8. The monoisotopic (exact) mass is 327 g/mol. The molecule has 1 atom stereocenters. The second-order valence-electron chi connectivity index (χ2n) is 7.78. The zero-order valence-electron chi connectivity index (χ0n) is 15.3. The highest BCUT2D eigenvalue weighted by Gasteiger charge is 2.21. The van der Waals surface area contributed by atoms with Gasteiger partial charge < -0.3 is 20.3 Å². The fourth-order valence-electron chi connectivity index (χ4n) is 2.79. The molecule has 0 aliphatic carbocycles. The summed E-state index contributed by atoms with van der Waals surface area (Å²) in [6.45, 7) is 13.8. The number of carbonyl (C=O) groups excluding carboxylic acids is 2. The van der Waals surface area contributed by atoms with Crippen LogP contribution in [0.2, 0.25) is 0 Å². The van der Waals surface area contributed by atoms with Gasteiger partial charge in [-0.1, -0.05) is 13.8 Å². The predicted octanol–water partition coefficient (Wildman–Crippen LogP) is 2.00. The molecule has 134 valence electrons. The highest BCUT2D eigenvalue weighted by atomic mass is 16.6. The molecule has 0 radical (unpaired) electrons. The first-order valence-electron chi connectivity index (χ1n) is 8.61. The molecular weight excluding hydrogens is 294 g/mol. The minimum atomic E-state index is -0.478. The van der Waals surface area contributed by atoms with E-state index in [2.05, 4.69) is 29.4 Å². The minimum absolute atomic E-state index is 0.125. The van der Waals surface area contributed by atoms with Crippen LogP contribution in [-0.2, 0) is 9.53 Å². The highest BCUT2D eigenvalue weighted by Crippen LogP contribution is 2.14. The van der Waals surface area contributed by atoms with Crippen LogP contribution in [0.5, 0.6) is 0 Å². The van der Waals surface area contributed by atoms with Crippen LogP contribution in [0.3, 0.4) is 0 Å². The van der Waals surface area contributed by atoms with Crippen molar-refractivity contribution in [3.63, 3.8) is 0 Å². The first kappa shape index (κ1) is 19.7. The van der Waals surface area contributed by atoms with E-state index < -0.39 is 5.60 Å². The standard InChI is InChI=1S/C17H33N3O3/c1-13(2)10-14(11-19-16(22)23-17(3,4)5)12-20-8-6-15(21)18-7-9-20/h13-14H,6-12H2,1-5H3,(H,18,21)(H,19,22). The molecule has 0 aromatic heterocycles. The molecule has 1 aliphatic rings. The summed E-state index contributed by atoms with van der Waals surface area (Å²) < 4.78 is 5.30. The SMILES string of the molecule is CC(C)CC(CNC(=O)OC(C)(C)C)CN1CCNC(=O)CC1. The van der Waals surface area contributed by atoms with E-state index in [1.807, 2.05) is 20.8 Å². The molecule has 1 fully saturated rings. The number of rotatable bonds is 6. The summed E-state index contributed by atoms with van der Waals surface area (Å²) in [5.41, 5.74) is -0.478. The molecule has 6 nitrogen and oxygen atoms in total. The van der Waals surface area contributed by atoms with Crippen LogP contribution in [0.15, 0.2) is 0 Å². The van der Waals surface area contributed by atoms with Gasteiger partial charge in [0, 0.05) is 39.1 Å². The molecule has 0 spiro atoms. The van der Waals surface area contributed by atoms with Crippen LogP contribution >= 0.6 is 0 Å². The molecule has 0 aromatic rings. The summed E-state index contributed by atoms with van der Waals surface area (Å²) >= 11 is 0. The third kappa shape index (κ3) is 9.43. The van der Waals surface area contributed by atoms with Crippen LogP contribution in [0.1, 0.15) is 47.5 Å². The zero-order valence-corrected chi connectivity index (χ0v) is 15.3. The van der Waals surface area contributed by atoms with Crippen molar-refractivity contribution in [2.24, 2.45) is 11.8 Å². The number of hydrogen-bond donors (Lipinski definition) is 2. The number of carbonyl (C=O) groups is 2. The highest BCUT2D eigenvalue weighted by molar-refractivity contribution is 5.76. The van der Waals surface area contributed by atoms with Gasteiger partial charge in [-0.15, -0.1) is 0 Å². The molecule has 0 saturated carbocycles. The fraction of sp³-hybridized carbons (Fsp3) is 0.882. The largest absolute Gasteiger partial charge is 0.444 e. The molecule has 1 saturated heterocycles. The first-order chi connectivity index (χ1) is 10.7.